The second-order valence-electron chi connectivity index (χ2n) is 4.29. The topological polar surface area (TPSA) is 41.1 Å². The van der Waals surface area contributed by atoms with Gasteiger partial charge < -0.3 is 10.6 Å². The van der Waals surface area contributed by atoms with Crippen molar-refractivity contribution in [3.63, 3.8) is 0 Å². The number of nitrogens with one attached hydrogen (secondary N) is 2. The van der Waals surface area contributed by atoms with E-state index in [1.165, 1.54) is 0 Å². The van der Waals surface area contributed by atoms with E-state index in [0.29, 0.717) is 5.56 Å². The highest BCUT2D eigenvalue weighted by atomic mass is 16.1. The average Bonchev–Trinajstić information content (AvgIpc) is 2.35. The van der Waals surface area contributed by atoms with Crippen LogP contribution in [0.1, 0.15) is 42.6 Å². The number of hydrogen-bond acceptors (Lipinski definition) is 2. The zero-order chi connectivity index (χ0) is 12.8. The van der Waals surface area contributed by atoms with E-state index < -0.39 is 0 Å². The standard InChI is InChI=1S/C14H22N2O/c1-5-11(6-2)16-14(17)12-8-7-10(3)9-13(12)15-4/h7-9,11,15H,5-6H2,1-4H3,(H,16,17). The molecule has 0 saturated heterocycles. The first-order valence-corrected chi connectivity index (χ1v) is 6.21. The van der Waals surface area contributed by atoms with Gasteiger partial charge in [0.2, 0.25) is 0 Å². The molecule has 0 atom stereocenters. The van der Waals surface area contributed by atoms with Gasteiger partial charge >= 0.3 is 0 Å². The van der Waals surface area contributed by atoms with Gasteiger partial charge in [0.15, 0.2) is 0 Å². The lowest BCUT2D eigenvalue weighted by Gasteiger charge is -2.16. The number of hydrogen-bond donors (Lipinski definition) is 2. The first-order chi connectivity index (χ1) is 8.12. The molecule has 1 amide bonds. The lowest BCUT2D eigenvalue weighted by atomic mass is 10.1. The van der Waals surface area contributed by atoms with Gasteiger partial charge in [0.1, 0.15) is 0 Å². The fraction of sp³-hybridized carbons (Fsp3) is 0.500. The van der Waals surface area contributed by atoms with Gasteiger partial charge in [-0.15, -0.1) is 0 Å². The Hall–Kier alpha value is -1.51. The third kappa shape index (κ3) is 3.48. The second kappa shape index (κ2) is 6.28. The molecule has 0 aliphatic carbocycles. The van der Waals surface area contributed by atoms with Crippen molar-refractivity contribution in [3.05, 3.63) is 29.3 Å². The minimum atomic E-state index is 0.00282. The molecule has 1 aromatic rings. The maximum Gasteiger partial charge on any atom is 0.253 e. The van der Waals surface area contributed by atoms with E-state index >= 15 is 0 Å². The smallest absolute Gasteiger partial charge is 0.253 e. The van der Waals surface area contributed by atoms with E-state index in [1.807, 2.05) is 32.2 Å². The predicted molar refractivity (Wildman–Crippen MR) is 72.6 cm³/mol. The maximum absolute atomic E-state index is 12.1. The van der Waals surface area contributed by atoms with Crippen molar-refractivity contribution in [2.24, 2.45) is 0 Å². The Morgan fingerprint density at radius 1 is 1.29 bits per heavy atom. The van der Waals surface area contributed by atoms with Crippen molar-refractivity contribution in [2.45, 2.75) is 39.7 Å². The molecule has 94 valence electrons. The van der Waals surface area contributed by atoms with Gasteiger partial charge in [0.25, 0.3) is 5.91 Å². The molecule has 3 nitrogen and oxygen atoms in total. The van der Waals surface area contributed by atoms with E-state index in [1.54, 1.807) is 0 Å². The Morgan fingerprint density at radius 2 is 1.94 bits per heavy atom. The summed E-state index contributed by atoms with van der Waals surface area (Å²) in [5, 5.41) is 6.11. The third-order valence-electron chi connectivity index (χ3n) is 3.01. The minimum absolute atomic E-state index is 0.00282. The van der Waals surface area contributed by atoms with Crippen molar-refractivity contribution in [1.82, 2.24) is 5.32 Å². The summed E-state index contributed by atoms with van der Waals surface area (Å²) in [6.45, 7) is 6.19. The van der Waals surface area contributed by atoms with Crippen LogP contribution in [-0.4, -0.2) is 19.0 Å². The summed E-state index contributed by atoms with van der Waals surface area (Å²) < 4.78 is 0. The van der Waals surface area contributed by atoms with Gasteiger partial charge in [-0.2, -0.15) is 0 Å². The van der Waals surface area contributed by atoms with E-state index in [0.717, 1.165) is 24.1 Å². The molecule has 0 heterocycles. The molecular weight excluding hydrogens is 212 g/mol. The lowest BCUT2D eigenvalue weighted by molar-refractivity contribution is 0.0935. The van der Waals surface area contributed by atoms with Crippen LogP contribution < -0.4 is 10.6 Å². The zero-order valence-corrected chi connectivity index (χ0v) is 11.1. The SMILES string of the molecule is CCC(CC)NC(=O)c1ccc(C)cc1NC. The fourth-order valence-electron chi connectivity index (χ4n) is 1.82. The van der Waals surface area contributed by atoms with Crippen molar-refractivity contribution in [3.8, 4) is 0 Å². The number of rotatable bonds is 5. The third-order valence-corrected chi connectivity index (χ3v) is 3.01. The van der Waals surface area contributed by atoms with Gasteiger partial charge in [0, 0.05) is 18.8 Å². The second-order valence-corrected chi connectivity index (χ2v) is 4.29. The molecule has 1 aromatic carbocycles. The number of amides is 1. The first-order valence-electron chi connectivity index (χ1n) is 6.21. The predicted octanol–water partition coefficient (Wildman–Crippen LogP) is 2.96. The van der Waals surface area contributed by atoms with Crippen LogP contribution in [0, 0.1) is 6.92 Å². The van der Waals surface area contributed by atoms with Crippen LogP contribution in [0.3, 0.4) is 0 Å². The van der Waals surface area contributed by atoms with Gasteiger partial charge in [0.05, 0.1) is 5.56 Å². The number of carbonyl (C=O) groups excluding carboxylic acids is 1. The molecule has 0 fully saturated rings. The molecule has 3 heteroatoms. The van der Waals surface area contributed by atoms with Gasteiger partial charge in [-0.25, -0.2) is 0 Å². The van der Waals surface area contributed by atoms with E-state index in [9.17, 15) is 4.79 Å². The van der Waals surface area contributed by atoms with Crippen LogP contribution in [0.25, 0.3) is 0 Å². The summed E-state index contributed by atoms with van der Waals surface area (Å²) in [4.78, 5) is 12.1. The molecule has 0 aliphatic rings. The van der Waals surface area contributed by atoms with Gasteiger partial charge in [-0.05, 0) is 37.5 Å². The zero-order valence-electron chi connectivity index (χ0n) is 11.1. The van der Waals surface area contributed by atoms with Crippen LogP contribution >= 0.6 is 0 Å². The van der Waals surface area contributed by atoms with Crippen molar-refractivity contribution >= 4 is 11.6 Å². The molecule has 0 radical (unpaired) electrons. The quantitative estimate of drug-likeness (QED) is 0.822. The Labute approximate surface area is 104 Å². The molecule has 0 aromatic heterocycles. The molecule has 0 aliphatic heterocycles. The summed E-state index contributed by atoms with van der Waals surface area (Å²) in [6, 6.07) is 6.08. The molecule has 1 rings (SSSR count). The van der Waals surface area contributed by atoms with Crippen LogP contribution in [-0.2, 0) is 0 Å². The van der Waals surface area contributed by atoms with Crippen LogP contribution in [0.2, 0.25) is 0 Å². The van der Waals surface area contributed by atoms with Gasteiger partial charge in [-0.1, -0.05) is 19.9 Å². The summed E-state index contributed by atoms with van der Waals surface area (Å²) >= 11 is 0. The van der Waals surface area contributed by atoms with Crippen LogP contribution in [0.5, 0.6) is 0 Å². The summed E-state index contributed by atoms with van der Waals surface area (Å²) in [5.41, 5.74) is 2.74. The van der Waals surface area contributed by atoms with E-state index in [-0.39, 0.29) is 11.9 Å². The maximum atomic E-state index is 12.1. The van der Waals surface area contributed by atoms with Crippen LogP contribution in [0.15, 0.2) is 18.2 Å². The average molecular weight is 234 g/mol. The minimum Gasteiger partial charge on any atom is -0.387 e. The summed E-state index contributed by atoms with van der Waals surface area (Å²) in [7, 11) is 1.84. The normalized spacial score (nSPS) is 10.4. The monoisotopic (exact) mass is 234 g/mol. The number of carbonyl (C=O) groups is 1. The number of benzene rings is 1. The Balaban J connectivity index is 2.88. The van der Waals surface area contributed by atoms with E-state index in [2.05, 4.69) is 24.5 Å². The molecular formula is C14H22N2O. The van der Waals surface area contributed by atoms with E-state index in [4.69, 9.17) is 0 Å². The van der Waals surface area contributed by atoms with Crippen molar-refractivity contribution in [2.75, 3.05) is 12.4 Å². The number of anilines is 1. The van der Waals surface area contributed by atoms with Crippen molar-refractivity contribution < 1.29 is 4.79 Å². The molecule has 0 unspecified atom stereocenters. The molecule has 0 bridgehead atoms. The highest BCUT2D eigenvalue weighted by molar-refractivity contribution is 5.99. The summed E-state index contributed by atoms with van der Waals surface area (Å²) in [5.74, 6) is 0.00282. The first kappa shape index (κ1) is 13.6. The fourth-order valence-corrected chi connectivity index (χ4v) is 1.82. The van der Waals surface area contributed by atoms with Crippen molar-refractivity contribution in [1.29, 1.82) is 0 Å². The Bertz CT molecular complexity index is 384. The molecule has 17 heavy (non-hydrogen) atoms. The highest BCUT2D eigenvalue weighted by Crippen LogP contribution is 2.17. The van der Waals surface area contributed by atoms with Crippen LogP contribution in [0.4, 0.5) is 5.69 Å². The lowest BCUT2D eigenvalue weighted by Crippen LogP contribution is -2.34. The Morgan fingerprint density at radius 3 is 2.47 bits per heavy atom. The summed E-state index contributed by atoms with van der Waals surface area (Å²) in [6.07, 6.45) is 1.92. The molecule has 0 spiro atoms. The molecule has 0 saturated carbocycles. The largest absolute Gasteiger partial charge is 0.387 e. The number of aryl methyl sites for hydroxylation is 1. The Kier molecular flexibility index (Phi) is 5.01. The molecule has 2 N–H and O–H groups in total. The highest BCUT2D eigenvalue weighted by Gasteiger charge is 2.13. The van der Waals surface area contributed by atoms with Gasteiger partial charge in [-0.3, -0.25) is 4.79 Å².